The predicted octanol–water partition coefficient (Wildman–Crippen LogP) is 4.17. The lowest BCUT2D eigenvalue weighted by molar-refractivity contribution is -0.117. The first-order valence-corrected chi connectivity index (χ1v) is 8.72. The third-order valence-corrected chi connectivity index (χ3v) is 4.75. The third-order valence-electron chi connectivity index (χ3n) is 4.75. The number of carbonyl (C=O) groups excluding carboxylic acids is 1. The number of aromatic nitrogens is 2. The van der Waals surface area contributed by atoms with Gasteiger partial charge in [-0.05, 0) is 37.3 Å². The fraction of sp³-hybridized carbons (Fsp3) is 0.474. The van der Waals surface area contributed by atoms with Gasteiger partial charge in [-0.15, -0.1) is 0 Å². The fourth-order valence-corrected chi connectivity index (χ4v) is 3.41. The van der Waals surface area contributed by atoms with Crippen LogP contribution in [0.4, 0.5) is 5.69 Å². The van der Waals surface area contributed by atoms with Crippen LogP contribution in [0.25, 0.3) is 11.3 Å². The topological polar surface area (TPSA) is 67.0 Å². The van der Waals surface area contributed by atoms with Gasteiger partial charge < -0.3 is 10.1 Å². The van der Waals surface area contributed by atoms with Crippen LogP contribution in [0, 0.1) is 5.92 Å². The first-order valence-electron chi connectivity index (χ1n) is 8.72. The highest BCUT2D eigenvalue weighted by molar-refractivity contribution is 5.95. The van der Waals surface area contributed by atoms with E-state index in [2.05, 4.69) is 22.4 Å². The van der Waals surface area contributed by atoms with Gasteiger partial charge in [-0.2, -0.15) is 5.10 Å². The van der Waals surface area contributed by atoms with Crippen LogP contribution in [0.5, 0.6) is 5.75 Å². The highest BCUT2D eigenvalue weighted by atomic mass is 16.5. The van der Waals surface area contributed by atoms with Crippen molar-refractivity contribution < 1.29 is 9.53 Å². The van der Waals surface area contributed by atoms with E-state index in [1.54, 1.807) is 7.11 Å². The molecule has 128 valence electrons. The summed E-state index contributed by atoms with van der Waals surface area (Å²) in [6.45, 7) is 2.05. The average Bonchev–Trinajstić information content (AvgIpc) is 3.24. The van der Waals surface area contributed by atoms with Crippen molar-refractivity contribution >= 4 is 11.6 Å². The smallest absolute Gasteiger partial charge is 0.224 e. The molecule has 1 amide bonds. The van der Waals surface area contributed by atoms with E-state index in [4.69, 9.17) is 4.74 Å². The maximum Gasteiger partial charge on any atom is 0.224 e. The van der Waals surface area contributed by atoms with Gasteiger partial charge in [0.1, 0.15) is 11.4 Å². The summed E-state index contributed by atoms with van der Waals surface area (Å²) < 4.78 is 5.29. The Morgan fingerprint density at radius 2 is 2.17 bits per heavy atom. The number of nitrogens with zero attached hydrogens (tertiary/aromatic N) is 1. The number of rotatable bonds is 6. The van der Waals surface area contributed by atoms with Crippen LogP contribution in [0.3, 0.4) is 0 Å². The number of methoxy groups -OCH3 is 1. The summed E-state index contributed by atoms with van der Waals surface area (Å²) in [7, 11) is 1.64. The van der Waals surface area contributed by atoms with Crippen molar-refractivity contribution in [1.29, 1.82) is 0 Å². The van der Waals surface area contributed by atoms with Gasteiger partial charge in [0.25, 0.3) is 0 Å². The minimum Gasteiger partial charge on any atom is -0.497 e. The number of H-pyrrole nitrogens is 1. The van der Waals surface area contributed by atoms with Crippen LogP contribution in [0.2, 0.25) is 0 Å². The van der Waals surface area contributed by atoms with Gasteiger partial charge in [-0.25, -0.2) is 0 Å². The number of amides is 1. The Bertz CT molecular complexity index is 702. The van der Waals surface area contributed by atoms with Crippen molar-refractivity contribution in [3.8, 4) is 17.0 Å². The average molecular weight is 327 g/mol. The maximum atomic E-state index is 12.5. The molecule has 0 radical (unpaired) electrons. The summed E-state index contributed by atoms with van der Waals surface area (Å²) in [5.74, 6) is 1.39. The molecule has 0 aliphatic heterocycles. The lowest BCUT2D eigenvalue weighted by Gasteiger charge is -2.11. The van der Waals surface area contributed by atoms with Crippen molar-refractivity contribution in [2.75, 3.05) is 12.4 Å². The van der Waals surface area contributed by atoms with E-state index in [0.717, 1.165) is 34.8 Å². The molecule has 24 heavy (non-hydrogen) atoms. The first-order chi connectivity index (χ1) is 11.7. The molecule has 1 saturated carbocycles. The molecule has 0 atom stereocenters. The molecule has 5 heteroatoms. The number of anilines is 1. The Morgan fingerprint density at radius 1 is 1.38 bits per heavy atom. The van der Waals surface area contributed by atoms with E-state index >= 15 is 0 Å². The van der Waals surface area contributed by atoms with Crippen molar-refractivity contribution in [3.63, 3.8) is 0 Å². The molecule has 1 aliphatic carbocycles. The third kappa shape index (κ3) is 3.61. The zero-order valence-corrected chi connectivity index (χ0v) is 14.4. The van der Waals surface area contributed by atoms with Gasteiger partial charge in [0.15, 0.2) is 0 Å². The van der Waals surface area contributed by atoms with Gasteiger partial charge in [0, 0.05) is 12.0 Å². The summed E-state index contributed by atoms with van der Waals surface area (Å²) in [4.78, 5) is 12.5. The van der Waals surface area contributed by atoms with Crippen molar-refractivity contribution in [2.24, 2.45) is 5.92 Å². The van der Waals surface area contributed by atoms with E-state index in [1.165, 1.54) is 25.7 Å². The lowest BCUT2D eigenvalue weighted by Crippen LogP contribution is -2.16. The Kier molecular flexibility index (Phi) is 5.18. The van der Waals surface area contributed by atoms with E-state index < -0.39 is 0 Å². The van der Waals surface area contributed by atoms with Crippen LogP contribution in [0.1, 0.15) is 44.7 Å². The van der Waals surface area contributed by atoms with Gasteiger partial charge in [-0.3, -0.25) is 9.89 Å². The summed E-state index contributed by atoms with van der Waals surface area (Å²) in [6, 6.07) is 7.74. The summed E-state index contributed by atoms with van der Waals surface area (Å²) in [5, 5.41) is 10.6. The largest absolute Gasteiger partial charge is 0.497 e. The first kappa shape index (κ1) is 16.6. The van der Waals surface area contributed by atoms with Gasteiger partial charge in [0.05, 0.1) is 18.5 Å². The van der Waals surface area contributed by atoms with E-state index in [0.29, 0.717) is 12.3 Å². The van der Waals surface area contributed by atoms with Crippen molar-refractivity contribution in [1.82, 2.24) is 10.2 Å². The molecule has 0 saturated heterocycles. The standard InChI is InChI=1S/C19H25N3O2/c1-3-16-19(20-17(23)11-13-7-4-5-8-13)18(22-21-16)14-9-6-10-15(12-14)24-2/h6,9-10,12-13H,3-5,7-8,11H2,1-2H3,(H,20,23)(H,21,22). The fourth-order valence-electron chi connectivity index (χ4n) is 3.41. The Hall–Kier alpha value is -2.30. The molecule has 3 rings (SSSR count). The quantitative estimate of drug-likeness (QED) is 0.837. The molecular formula is C19H25N3O2. The minimum absolute atomic E-state index is 0.0853. The monoisotopic (exact) mass is 327 g/mol. The zero-order valence-electron chi connectivity index (χ0n) is 14.4. The number of hydrogen-bond acceptors (Lipinski definition) is 3. The van der Waals surface area contributed by atoms with Crippen LogP contribution in [0.15, 0.2) is 24.3 Å². The molecule has 1 aromatic carbocycles. The molecule has 2 aromatic rings. The number of aryl methyl sites for hydroxylation is 1. The second-order valence-corrected chi connectivity index (χ2v) is 6.41. The highest BCUT2D eigenvalue weighted by Gasteiger charge is 2.21. The molecule has 1 fully saturated rings. The molecule has 2 N–H and O–H groups in total. The number of hydrogen-bond donors (Lipinski definition) is 2. The van der Waals surface area contributed by atoms with Gasteiger partial charge in [-0.1, -0.05) is 31.9 Å². The summed E-state index contributed by atoms with van der Waals surface area (Å²) >= 11 is 0. The van der Waals surface area contributed by atoms with E-state index in [1.807, 2.05) is 24.3 Å². The van der Waals surface area contributed by atoms with Crippen LogP contribution in [-0.4, -0.2) is 23.2 Å². The second kappa shape index (κ2) is 7.51. The van der Waals surface area contributed by atoms with Crippen molar-refractivity contribution in [3.05, 3.63) is 30.0 Å². The van der Waals surface area contributed by atoms with E-state index in [-0.39, 0.29) is 5.91 Å². The van der Waals surface area contributed by atoms with Crippen LogP contribution >= 0.6 is 0 Å². The molecule has 0 spiro atoms. The molecule has 0 unspecified atom stereocenters. The Labute approximate surface area is 142 Å². The number of benzene rings is 1. The predicted molar refractivity (Wildman–Crippen MR) is 95.2 cm³/mol. The highest BCUT2D eigenvalue weighted by Crippen LogP contribution is 2.32. The lowest BCUT2D eigenvalue weighted by atomic mass is 10.0. The van der Waals surface area contributed by atoms with Gasteiger partial charge >= 0.3 is 0 Å². The van der Waals surface area contributed by atoms with Crippen LogP contribution < -0.4 is 10.1 Å². The number of ether oxygens (including phenoxy) is 1. The van der Waals surface area contributed by atoms with Crippen LogP contribution in [-0.2, 0) is 11.2 Å². The normalized spacial score (nSPS) is 14.8. The molecule has 1 heterocycles. The SMILES string of the molecule is CCc1[nH]nc(-c2cccc(OC)c2)c1NC(=O)CC1CCCC1. The van der Waals surface area contributed by atoms with Crippen molar-refractivity contribution in [2.45, 2.75) is 45.4 Å². The molecule has 0 bridgehead atoms. The Morgan fingerprint density at radius 3 is 2.88 bits per heavy atom. The number of aromatic amines is 1. The molecular weight excluding hydrogens is 302 g/mol. The summed E-state index contributed by atoms with van der Waals surface area (Å²) in [5.41, 5.74) is 3.45. The molecule has 1 aliphatic rings. The maximum absolute atomic E-state index is 12.5. The van der Waals surface area contributed by atoms with E-state index in [9.17, 15) is 4.79 Å². The van der Waals surface area contributed by atoms with Gasteiger partial charge in [0.2, 0.25) is 5.91 Å². The number of nitrogens with one attached hydrogen (secondary N) is 2. The minimum atomic E-state index is 0.0853. The molecule has 5 nitrogen and oxygen atoms in total. The second-order valence-electron chi connectivity index (χ2n) is 6.41. The molecule has 1 aromatic heterocycles. The number of carbonyl (C=O) groups is 1. The zero-order chi connectivity index (χ0) is 16.9. The Balaban J connectivity index is 1.83. The summed E-state index contributed by atoms with van der Waals surface area (Å²) in [6.07, 6.45) is 6.23.